The van der Waals surface area contributed by atoms with Crippen LogP contribution in [0.3, 0.4) is 0 Å². The average molecular weight is 294 g/mol. The zero-order valence-electron chi connectivity index (χ0n) is 10.7. The predicted octanol–water partition coefficient (Wildman–Crippen LogP) is 4.10. The molecule has 0 heterocycles. The van der Waals surface area contributed by atoms with Gasteiger partial charge in [0.25, 0.3) is 0 Å². The minimum absolute atomic E-state index is 0.480. The Morgan fingerprint density at radius 2 is 2.00 bits per heavy atom. The molecule has 0 radical (unpaired) electrons. The topological polar surface area (TPSA) is 35.2 Å². The first-order valence-corrected chi connectivity index (χ1v) is 7.34. The SMILES string of the molecule is COc1ccc(CSc2ccccc2Cl)cc1CN. The van der Waals surface area contributed by atoms with Crippen molar-refractivity contribution >= 4 is 23.4 Å². The van der Waals surface area contributed by atoms with E-state index in [0.29, 0.717) is 6.54 Å². The highest BCUT2D eigenvalue weighted by Crippen LogP contribution is 2.30. The Hall–Kier alpha value is -1.16. The van der Waals surface area contributed by atoms with E-state index in [4.69, 9.17) is 22.1 Å². The lowest BCUT2D eigenvalue weighted by Gasteiger charge is -2.09. The fourth-order valence-electron chi connectivity index (χ4n) is 1.80. The van der Waals surface area contributed by atoms with Gasteiger partial charge in [0.05, 0.1) is 12.1 Å². The van der Waals surface area contributed by atoms with Crippen molar-refractivity contribution in [3.05, 3.63) is 58.6 Å². The lowest BCUT2D eigenvalue weighted by Crippen LogP contribution is -2.00. The fraction of sp³-hybridized carbons (Fsp3) is 0.200. The van der Waals surface area contributed by atoms with Crippen molar-refractivity contribution in [1.29, 1.82) is 0 Å². The van der Waals surface area contributed by atoms with Crippen LogP contribution >= 0.6 is 23.4 Å². The molecule has 2 N–H and O–H groups in total. The summed E-state index contributed by atoms with van der Waals surface area (Å²) in [6.45, 7) is 0.480. The van der Waals surface area contributed by atoms with Crippen molar-refractivity contribution in [2.24, 2.45) is 5.73 Å². The van der Waals surface area contributed by atoms with Crippen LogP contribution in [0, 0.1) is 0 Å². The minimum atomic E-state index is 0.480. The molecular formula is C15H16ClNOS. The lowest BCUT2D eigenvalue weighted by molar-refractivity contribution is 0.409. The van der Waals surface area contributed by atoms with Crippen molar-refractivity contribution < 1.29 is 4.74 Å². The van der Waals surface area contributed by atoms with Crippen LogP contribution in [0.15, 0.2) is 47.4 Å². The number of benzene rings is 2. The monoisotopic (exact) mass is 293 g/mol. The Morgan fingerprint density at radius 1 is 1.21 bits per heavy atom. The molecule has 0 atom stereocenters. The highest BCUT2D eigenvalue weighted by molar-refractivity contribution is 7.98. The number of ether oxygens (including phenoxy) is 1. The summed E-state index contributed by atoms with van der Waals surface area (Å²) in [6, 6.07) is 14.0. The van der Waals surface area contributed by atoms with E-state index in [-0.39, 0.29) is 0 Å². The quantitative estimate of drug-likeness (QED) is 0.843. The smallest absolute Gasteiger partial charge is 0.123 e. The van der Waals surface area contributed by atoms with E-state index >= 15 is 0 Å². The summed E-state index contributed by atoms with van der Waals surface area (Å²) in [6.07, 6.45) is 0. The first-order chi connectivity index (χ1) is 9.24. The van der Waals surface area contributed by atoms with E-state index in [1.807, 2.05) is 30.3 Å². The molecule has 0 aliphatic heterocycles. The molecule has 0 aromatic heterocycles. The first kappa shape index (κ1) is 14.3. The molecule has 0 unspecified atom stereocenters. The third kappa shape index (κ3) is 3.66. The normalized spacial score (nSPS) is 10.5. The molecule has 100 valence electrons. The Bertz CT molecular complexity index is 560. The molecule has 2 rings (SSSR count). The van der Waals surface area contributed by atoms with E-state index in [1.54, 1.807) is 18.9 Å². The number of hydrogen-bond donors (Lipinski definition) is 1. The number of nitrogens with two attached hydrogens (primary N) is 1. The Kier molecular flexibility index (Phi) is 5.14. The van der Waals surface area contributed by atoms with E-state index in [9.17, 15) is 0 Å². The fourth-order valence-corrected chi connectivity index (χ4v) is 2.99. The van der Waals surface area contributed by atoms with Crippen LogP contribution in [0.5, 0.6) is 5.75 Å². The van der Waals surface area contributed by atoms with Crippen LogP contribution in [0.1, 0.15) is 11.1 Å². The largest absolute Gasteiger partial charge is 0.496 e. The molecule has 0 saturated carbocycles. The van der Waals surface area contributed by atoms with Gasteiger partial charge in [-0.2, -0.15) is 0 Å². The molecule has 2 aromatic rings. The van der Waals surface area contributed by atoms with Crippen molar-refractivity contribution in [3.63, 3.8) is 0 Å². The van der Waals surface area contributed by atoms with Crippen LogP contribution in [0.2, 0.25) is 5.02 Å². The molecule has 0 bridgehead atoms. The number of rotatable bonds is 5. The summed E-state index contributed by atoms with van der Waals surface area (Å²) in [5.41, 5.74) is 7.96. The maximum atomic E-state index is 6.14. The van der Waals surface area contributed by atoms with Gasteiger partial charge in [0.15, 0.2) is 0 Å². The molecule has 0 fully saturated rings. The zero-order chi connectivity index (χ0) is 13.7. The van der Waals surface area contributed by atoms with Crippen LogP contribution in [0.25, 0.3) is 0 Å². The lowest BCUT2D eigenvalue weighted by atomic mass is 10.1. The van der Waals surface area contributed by atoms with Gasteiger partial charge < -0.3 is 10.5 Å². The van der Waals surface area contributed by atoms with Crippen LogP contribution in [-0.4, -0.2) is 7.11 Å². The summed E-state index contributed by atoms with van der Waals surface area (Å²) >= 11 is 7.86. The number of methoxy groups -OCH3 is 1. The summed E-state index contributed by atoms with van der Waals surface area (Å²) < 4.78 is 5.27. The molecule has 2 nitrogen and oxygen atoms in total. The summed E-state index contributed by atoms with van der Waals surface area (Å²) in [5.74, 6) is 1.70. The molecular weight excluding hydrogens is 278 g/mol. The molecule has 4 heteroatoms. The van der Waals surface area contributed by atoms with Gasteiger partial charge in [0.1, 0.15) is 5.75 Å². The van der Waals surface area contributed by atoms with Gasteiger partial charge in [-0.25, -0.2) is 0 Å². The third-order valence-corrected chi connectivity index (χ3v) is 4.38. The van der Waals surface area contributed by atoms with Gasteiger partial charge in [0, 0.05) is 22.8 Å². The van der Waals surface area contributed by atoms with E-state index in [0.717, 1.165) is 27.0 Å². The summed E-state index contributed by atoms with van der Waals surface area (Å²) in [5, 5.41) is 0.792. The average Bonchev–Trinajstić information content (AvgIpc) is 2.46. The highest BCUT2D eigenvalue weighted by Gasteiger charge is 2.05. The maximum Gasteiger partial charge on any atom is 0.123 e. The predicted molar refractivity (Wildman–Crippen MR) is 81.9 cm³/mol. The Morgan fingerprint density at radius 3 is 2.68 bits per heavy atom. The second-order valence-electron chi connectivity index (χ2n) is 4.07. The molecule has 0 amide bonds. The maximum absolute atomic E-state index is 6.14. The number of halogens is 1. The van der Waals surface area contributed by atoms with Crippen LogP contribution in [0.4, 0.5) is 0 Å². The first-order valence-electron chi connectivity index (χ1n) is 5.97. The van der Waals surface area contributed by atoms with E-state index < -0.39 is 0 Å². The Labute approximate surface area is 122 Å². The molecule has 0 spiro atoms. The summed E-state index contributed by atoms with van der Waals surface area (Å²) in [4.78, 5) is 1.09. The van der Waals surface area contributed by atoms with Gasteiger partial charge in [-0.1, -0.05) is 29.8 Å². The molecule has 0 aliphatic carbocycles. The van der Waals surface area contributed by atoms with Crippen molar-refractivity contribution in [3.8, 4) is 5.75 Å². The minimum Gasteiger partial charge on any atom is -0.496 e. The van der Waals surface area contributed by atoms with E-state index in [1.165, 1.54) is 5.56 Å². The van der Waals surface area contributed by atoms with Crippen molar-refractivity contribution in [2.75, 3.05) is 7.11 Å². The molecule has 2 aromatic carbocycles. The molecule has 19 heavy (non-hydrogen) atoms. The zero-order valence-corrected chi connectivity index (χ0v) is 12.3. The van der Waals surface area contributed by atoms with Gasteiger partial charge in [-0.05, 0) is 29.8 Å². The van der Waals surface area contributed by atoms with Crippen LogP contribution in [-0.2, 0) is 12.3 Å². The third-order valence-electron chi connectivity index (χ3n) is 2.80. The van der Waals surface area contributed by atoms with Crippen LogP contribution < -0.4 is 10.5 Å². The standard InChI is InChI=1S/C15H16ClNOS/c1-18-14-7-6-11(8-12(14)9-17)10-19-15-5-3-2-4-13(15)16/h2-8H,9-10,17H2,1H3. The number of hydrogen-bond acceptors (Lipinski definition) is 3. The van der Waals surface area contributed by atoms with Crippen molar-refractivity contribution in [1.82, 2.24) is 0 Å². The van der Waals surface area contributed by atoms with Gasteiger partial charge in [-0.3, -0.25) is 0 Å². The van der Waals surface area contributed by atoms with Gasteiger partial charge in [0.2, 0.25) is 0 Å². The van der Waals surface area contributed by atoms with Gasteiger partial charge in [-0.15, -0.1) is 11.8 Å². The number of thioether (sulfide) groups is 1. The highest BCUT2D eigenvalue weighted by atomic mass is 35.5. The summed E-state index contributed by atoms with van der Waals surface area (Å²) in [7, 11) is 1.66. The van der Waals surface area contributed by atoms with E-state index in [2.05, 4.69) is 12.1 Å². The second kappa shape index (κ2) is 6.85. The molecule has 0 saturated heterocycles. The molecule has 0 aliphatic rings. The van der Waals surface area contributed by atoms with Gasteiger partial charge >= 0.3 is 0 Å². The second-order valence-corrected chi connectivity index (χ2v) is 5.49. The Balaban J connectivity index is 2.10. The van der Waals surface area contributed by atoms with Crippen molar-refractivity contribution in [2.45, 2.75) is 17.2 Å².